The zero-order chi connectivity index (χ0) is 30.3. The first-order valence-electron chi connectivity index (χ1n) is 15.7. The van der Waals surface area contributed by atoms with E-state index in [4.69, 9.17) is 9.47 Å². The zero-order valence-electron chi connectivity index (χ0n) is 25.6. The third-order valence-corrected chi connectivity index (χ3v) is 8.66. The number of nitrogens with zero attached hydrogens (tertiary/aromatic N) is 1. The summed E-state index contributed by atoms with van der Waals surface area (Å²) in [6, 6.07) is 11.7. The van der Waals surface area contributed by atoms with Gasteiger partial charge in [0.15, 0.2) is 11.5 Å². The van der Waals surface area contributed by atoms with Gasteiger partial charge in [-0.25, -0.2) is 0 Å². The van der Waals surface area contributed by atoms with E-state index in [2.05, 4.69) is 22.9 Å². The van der Waals surface area contributed by atoms with Gasteiger partial charge in [0, 0.05) is 16.6 Å². The standard InChI is InChI=1S/C35H48BrNO5/c1-4-5-6-7-8-9-10-11-12-13-14-15-16-17-24-37-32(27-20-23-29(41-2)30(25-27)42-3)31(34(39)35(37)40)33(38)26-18-21-28(36)22-19-26/h18-23,25,32,38H,4-17,24H2,1-3H3/b33-31+. The van der Waals surface area contributed by atoms with Gasteiger partial charge < -0.3 is 19.5 Å². The highest BCUT2D eigenvalue weighted by Crippen LogP contribution is 2.42. The summed E-state index contributed by atoms with van der Waals surface area (Å²) in [6.45, 7) is 2.70. The van der Waals surface area contributed by atoms with E-state index in [9.17, 15) is 14.7 Å². The van der Waals surface area contributed by atoms with Crippen molar-refractivity contribution < 1.29 is 24.2 Å². The van der Waals surface area contributed by atoms with Gasteiger partial charge in [0.05, 0.1) is 25.8 Å². The molecule has 230 valence electrons. The summed E-state index contributed by atoms with van der Waals surface area (Å²) in [6.07, 6.45) is 17.5. The summed E-state index contributed by atoms with van der Waals surface area (Å²) in [5.74, 6) is -0.369. The highest BCUT2D eigenvalue weighted by Gasteiger charge is 2.46. The molecule has 2 aromatic carbocycles. The van der Waals surface area contributed by atoms with Crippen molar-refractivity contribution in [2.75, 3.05) is 20.8 Å². The molecule has 1 aliphatic rings. The number of ether oxygens (including phenoxy) is 2. The van der Waals surface area contributed by atoms with Crippen LogP contribution in [0.1, 0.15) is 114 Å². The number of likely N-dealkylation sites (tertiary alicyclic amines) is 1. The molecule has 42 heavy (non-hydrogen) atoms. The number of benzene rings is 2. The van der Waals surface area contributed by atoms with E-state index < -0.39 is 17.7 Å². The van der Waals surface area contributed by atoms with Crippen molar-refractivity contribution in [3.05, 3.63) is 63.6 Å². The number of halogens is 1. The van der Waals surface area contributed by atoms with Gasteiger partial charge in [-0.1, -0.05) is 125 Å². The highest BCUT2D eigenvalue weighted by atomic mass is 79.9. The molecule has 7 heteroatoms. The Hall–Kier alpha value is -2.80. The van der Waals surface area contributed by atoms with E-state index in [0.717, 1.165) is 23.7 Å². The van der Waals surface area contributed by atoms with Gasteiger partial charge in [0.1, 0.15) is 5.76 Å². The lowest BCUT2D eigenvalue weighted by molar-refractivity contribution is -0.139. The lowest BCUT2D eigenvalue weighted by Crippen LogP contribution is -2.30. The third-order valence-electron chi connectivity index (χ3n) is 8.13. The van der Waals surface area contributed by atoms with Gasteiger partial charge in [-0.3, -0.25) is 9.59 Å². The fourth-order valence-corrected chi connectivity index (χ4v) is 5.98. The van der Waals surface area contributed by atoms with Gasteiger partial charge in [0.2, 0.25) is 0 Å². The van der Waals surface area contributed by atoms with Crippen molar-refractivity contribution in [2.45, 2.75) is 103 Å². The number of amides is 1. The first kappa shape index (κ1) is 33.7. The van der Waals surface area contributed by atoms with E-state index in [1.165, 1.54) is 70.6 Å². The maximum absolute atomic E-state index is 13.3. The molecule has 0 spiro atoms. The number of aliphatic hydroxyl groups is 1. The molecule has 0 radical (unpaired) electrons. The van der Waals surface area contributed by atoms with Crippen LogP contribution in [-0.2, 0) is 9.59 Å². The number of hydrogen-bond acceptors (Lipinski definition) is 5. The molecular weight excluding hydrogens is 594 g/mol. The number of carbonyl (C=O) groups is 2. The molecule has 1 amide bonds. The monoisotopic (exact) mass is 641 g/mol. The maximum Gasteiger partial charge on any atom is 0.295 e. The summed E-state index contributed by atoms with van der Waals surface area (Å²) in [5.41, 5.74) is 1.27. The molecule has 6 nitrogen and oxygen atoms in total. The molecule has 1 fully saturated rings. The molecule has 0 saturated carbocycles. The number of rotatable bonds is 19. The molecular formula is C35H48BrNO5. The van der Waals surface area contributed by atoms with Gasteiger partial charge >= 0.3 is 0 Å². The van der Waals surface area contributed by atoms with Crippen LogP contribution < -0.4 is 9.47 Å². The summed E-state index contributed by atoms with van der Waals surface area (Å²) < 4.78 is 11.8. The van der Waals surface area contributed by atoms with Gasteiger partial charge in [-0.15, -0.1) is 0 Å². The molecule has 3 rings (SSSR count). The molecule has 0 aliphatic carbocycles. The number of hydrogen-bond donors (Lipinski definition) is 1. The fourth-order valence-electron chi connectivity index (χ4n) is 5.72. The van der Waals surface area contributed by atoms with Crippen LogP contribution in [0.2, 0.25) is 0 Å². The molecule has 1 atom stereocenters. The molecule has 1 aliphatic heterocycles. The highest BCUT2D eigenvalue weighted by molar-refractivity contribution is 9.10. The van der Waals surface area contributed by atoms with Crippen LogP contribution >= 0.6 is 15.9 Å². The lowest BCUT2D eigenvalue weighted by atomic mass is 9.95. The summed E-state index contributed by atoms with van der Waals surface area (Å²) in [7, 11) is 3.11. The number of unbranched alkanes of at least 4 members (excludes halogenated alkanes) is 13. The predicted octanol–water partition coefficient (Wildman–Crippen LogP) is 9.37. The van der Waals surface area contributed by atoms with Crippen LogP contribution in [-0.4, -0.2) is 42.5 Å². The Kier molecular flexibility index (Phi) is 14.4. The largest absolute Gasteiger partial charge is 0.507 e. The Morgan fingerprint density at radius 2 is 1.29 bits per heavy atom. The molecule has 1 heterocycles. The van der Waals surface area contributed by atoms with Gasteiger partial charge in [-0.05, 0) is 36.2 Å². The average Bonchev–Trinajstić information content (AvgIpc) is 3.25. The molecule has 2 aromatic rings. The summed E-state index contributed by atoms with van der Waals surface area (Å²) in [5, 5.41) is 11.3. The Morgan fingerprint density at radius 1 is 0.762 bits per heavy atom. The summed E-state index contributed by atoms with van der Waals surface area (Å²) in [4.78, 5) is 28.2. The van der Waals surface area contributed by atoms with Crippen molar-refractivity contribution in [1.29, 1.82) is 0 Å². The Bertz CT molecular complexity index is 1180. The van der Waals surface area contributed by atoms with Crippen LogP contribution in [0.3, 0.4) is 0 Å². The van der Waals surface area contributed by atoms with Crippen molar-refractivity contribution >= 4 is 33.4 Å². The minimum Gasteiger partial charge on any atom is -0.507 e. The Labute approximate surface area is 260 Å². The van der Waals surface area contributed by atoms with E-state index in [0.29, 0.717) is 29.2 Å². The molecule has 1 N–H and O–H groups in total. The van der Waals surface area contributed by atoms with Gasteiger partial charge in [0.25, 0.3) is 11.7 Å². The fraction of sp³-hybridized carbons (Fsp3) is 0.543. The van der Waals surface area contributed by atoms with Crippen LogP contribution in [0.15, 0.2) is 52.5 Å². The third kappa shape index (κ3) is 9.35. The smallest absolute Gasteiger partial charge is 0.295 e. The van der Waals surface area contributed by atoms with Crippen LogP contribution in [0.25, 0.3) is 5.76 Å². The van der Waals surface area contributed by atoms with Crippen LogP contribution in [0, 0.1) is 0 Å². The lowest BCUT2D eigenvalue weighted by Gasteiger charge is -2.26. The minimum absolute atomic E-state index is 0.0971. The zero-order valence-corrected chi connectivity index (χ0v) is 27.2. The second-order valence-corrected chi connectivity index (χ2v) is 12.1. The Balaban J connectivity index is 1.62. The topological polar surface area (TPSA) is 76.1 Å². The Morgan fingerprint density at radius 3 is 1.81 bits per heavy atom. The van der Waals surface area contributed by atoms with Crippen molar-refractivity contribution in [3.8, 4) is 11.5 Å². The maximum atomic E-state index is 13.3. The number of carbonyl (C=O) groups excluding carboxylic acids is 2. The predicted molar refractivity (Wildman–Crippen MR) is 173 cm³/mol. The van der Waals surface area contributed by atoms with Crippen LogP contribution in [0.5, 0.6) is 11.5 Å². The molecule has 1 saturated heterocycles. The molecule has 0 bridgehead atoms. The number of ketones is 1. The van der Waals surface area contributed by atoms with E-state index >= 15 is 0 Å². The molecule has 0 aromatic heterocycles. The quantitative estimate of drug-likeness (QED) is 0.0715. The van der Waals surface area contributed by atoms with Crippen LogP contribution in [0.4, 0.5) is 0 Å². The second-order valence-electron chi connectivity index (χ2n) is 11.2. The number of Topliss-reactive ketones (excluding diaryl/α,β-unsaturated/α-hetero) is 1. The number of aliphatic hydroxyl groups excluding tert-OH is 1. The molecule has 1 unspecified atom stereocenters. The SMILES string of the molecule is CCCCCCCCCCCCCCCCN1C(=O)C(=O)/C(=C(/O)c2ccc(Br)cc2)C1c1ccc(OC)c(OC)c1. The van der Waals surface area contributed by atoms with E-state index in [1.807, 2.05) is 6.07 Å². The minimum atomic E-state index is -0.713. The van der Waals surface area contributed by atoms with Crippen molar-refractivity contribution in [1.82, 2.24) is 4.90 Å². The van der Waals surface area contributed by atoms with E-state index in [1.54, 1.807) is 55.5 Å². The number of methoxy groups -OCH3 is 2. The van der Waals surface area contributed by atoms with Gasteiger partial charge in [-0.2, -0.15) is 0 Å². The summed E-state index contributed by atoms with van der Waals surface area (Å²) >= 11 is 3.41. The first-order chi connectivity index (χ1) is 20.4. The normalized spacial score (nSPS) is 16.3. The van der Waals surface area contributed by atoms with Crippen molar-refractivity contribution in [3.63, 3.8) is 0 Å². The van der Waals surface area contributed by atoms with E-state index in [-0.39, 0.29) is 11.3 Å². The van der Waals surface area contributed by atoms with Crippen molar-refractivity contribution in [2.24, 2.45) is 0 Å². The first-order valence-corrected chi connectivity index (χ1v) is 16.5. The average molecular weight is 643 g/mol. The second kappa shape index (κ2) is 18.0.